The molecule has 0 saturated carbocycles. The van der Waals surface area contributed by atoms with Gasteiger partial charge in [-0.3, -0.25) is 9.59 Å². The van der Waals surface area contributed by atoms with E-state index in [-0.39, 0.29) is 18.1 Å². The minimum Gasteiger partial charge on any atom is -0.481 e. The zero-order chi connectivity index (χ0) is 13.6. The Morgan fingerprint density at radius 1 is 1.00 bits per heavy atom. The lowest BCUT2D eigenvalue weighted by Gasteiger charge is -1.96. The van der Waals surface area contributed by atoms with Crippen LogP contribution in [0.3, 0.4) is 0 Å². The molecule has 1 atom stereocenters. The largest absolute Gasteiger partial charge is 0.481 e. The number of carbonyl (C=O) groups is 2. The molecule has 16 heavy (non-hydrogen) atoms. The highest BCUT2D eigenvalue weighted by atomic mass is 32.1. The van der Waals surface area contributed by atoms with Gasteiger partial charge in [0.15, 0.2) is 0 Å². The predicted octanol–water partition coefficient (Wildman–Crippen LogP) is -0.729. The van der Waals surface area contributed by atoms with Crippen molar-refractivity contribution in [1.82, 2.24) is 0 Å². The summed E-state index contributed by atoms with van der Waals surface area (Å²) in [5.41, 5.74) is 0. The van der Waals surface area contributed by atoms with E-state index in [2.05, 4.69) is 37.9 Å². The fraction of sp³-hybridized carbons (Fsp3) is 0.714. The summed E-state index contributed by atoms with van der Waals surface area (Å²) in [5, 5.41) is 31.7. The van der Waals surface area contributed by atoms with Gasteiger partial charge in [0.2, 0.25) is 0 Å². The summed E-state index contributed by atoms with van der Waals surface area (Å²) in [6.45, 7) is -0.191. The molecule has 0 aliphatic rings. The van der Waals surface area contributed by atoms with Crippen LogP contribution in [-0.2, 0) is 9.59 Å². The first-order valence-electron chi connectivity index (χ1n) is 3.90. The fourth-order valence-electron chi connectivity index (χ4n) is 0.0577. The van der Waals surface area contributed by atoms with Crippen LogP contribution in [0.15, 0.2) is 0 Å². The van der Waals surface area contributed by atoms with Gasteiger partial charge in [0.1, 0.15) is 0 Å². The van der Waals surface area contributed by atoms with Gasteiger partial charge < -0.3 is 20.4 Å². The van der Waals surface area contributed by atoms with E-state index in [0.29, 0.717) is 5.75 Å². The molecule has 0 radical (unpaired) electrons. The van der Waals surface area contributed by atoms with E-state index in [9.17, 15) is 9.59 Å². The quantitative estimate of drug-likeness (QED) is 0.344. The van der Waals surface area contributed by atoms with Crippen molar-refractivity contribution in [2.45, 2.75) is 6.10 Å². The topological polar surface area (TPSA) is 115 Å². The first kappa shape index (κ1) is 21.2. The molecule has 0 aromatic rings. The molecule has 0 fully saturated rings. The molecule has 0 saturated heterocycles. The minimum absolute atomic E-state index is 0.0833. The van der Waals surface area contributed by atoms with Gasteiger partial charge in [-0.05, 0) is 0 Å². The van der Waals surface area contributed by atoms with Crippen LogP contribution < -0.4 is 0 Å². The van der Waals surface area contributed by atoms with Gasteiger partial charge in [0.05, 0.1) is 24.2 Å². The monoisotopic (exact) mass is 292 g/mol. The summed E-state index contributed by atoms with van der Waals surface area (Å²) in [4.78, 5) is 18.6. The van der Waals surface area contributed by atoms with Crippen LogP contribution in [0.4, 0.5) is 0 Å². The molecule has 9 heteroatoms. The Bertz CT molecular complexity index is 160. The van der Waals surface area contributed by atoms with E-state index in [0.717, 1.165) is 0 Å². The molecule has 0 bridgehead atoms. The number of thiol groups is 3. The average Bonchev–Trinajstić information content (AvgIpc) is 2.29. The third-order valence-electron chi connectivity index (χ3n) is 0.692. The van der Waals surface area contributed by atoms with Crippen LogP contribution in [0.2, 0.25) is 0 Å². The highest BCUT2D eigenvalue weighted by Crippen LogP contribution is 1.81. The van der Waals surface area contributed by atoms with Crippen molar-refractivity contribution in [3.63, 3.8) is 0 Å². The van der Waals surface area contributed by atoms with Crippen LogP contribution >= 0.6 is 37.9 Å². The smallest absolute Gasteiger partial charge is 0.313 e. The molecule has 0 aliphatic carbocycles. The molecule has 4 N–H and O–H groups in total. The number of hydrogen-bond donors (Lipinski definition) is 7. The maximum atomic E-state index is 9.29. The minimum atomic E-state index is -0.881. The molecule has 0 aromatic carbocycles. The van der Waals surface area contributed by atoms with Gasteiger partial charge in [-0.2, -0.15) is 37.9 Å². The van der Waals surface area contributed by atoms with Gasteiger partial charge in [-0.15, -0.1) is 0 Å². The van der Waals surface area contributed by atoms with E-state index < -0.39 is 18.0 Å². The second-order valence-corrected chi connectivity index (χ2v) is 3.12. The Balaban J connectivity index is -0.000000160. The third kappa shape index (κ3) is 37.1. The van der Waals surface area contributed by atoms with Crippen molar-refractivity contribution in [3.05, 3.63) is 0 Å². The molecule has 98 valence electrons. The summed E-state index contributed by atoms with van der Waals surface area (Å²) in [5.74, 6) is -1.60. The second-order valence-electron chi connectivity index (χ2n) is 2.12. The van der Waals surface area contributed by atoms with Crippen LogP contribution in [0, 0.1) is 0 Å². The number of aliphatic hydroxyl groups is 2. The zero-order valence-electron chi connectivity index (χ0n) is 8.35. The van der Waals surface area contributed by atoms with Gasteiger partial charge in [0, 0.05) is 5.75 Å². The summed E-state index contributed by atoms with van der Waals surface area (Å²) in [6.07, 6.45) is -0.645. The lowest BCUT2D eigenvalue weighted by atomic mass is 10.4. The van der Waals surface area contributed by atoms with Crippen LogP contribution in [0.1, 0.15) is 0 Å². The highest BCUT2D eigenvalue weighted by Gasteiger charge is 1.93. The van der Waals surface area contributed by atoms with E-state index in [1.165, 1.54) is 0 Å². The van der Waals surface area contributed by atoms with Gasteiger partial charge in [-0.25, -0.2) is 0 Å². The third-order valence-corrected chi connectivity index (χ3v) is 1.65. The SMILES string of the molecule is O=C(O)CS.O=C(O)CS.OCC(O)CS. The molecule has 0 rings (SSSR count). The first-order valence-corrected chi connectivity index (χ1v) is 5.80. The van der Waals surface area contributed by atoms with Crippen LogP contribution in [-0.4, -0.2) is 62.3 Å². The lowest BCUT2D eigenvalue weighted by Crippen LogP contribution is -2.12. The number of aliphatic carboxylic acids is 2. The van der Waals surface area contributed by atoms with Crippen molar-refractivity contribution in [2.75, 3.05) is 23.9 Å². The number of hydrogen-bond acceptors (Lipinski definition) is 7. The molecule has 1 unspecified atom stereocenters. The molecule has 6 nitrogen and oxygen atoms in total. The normalized spacial score (nSPS) is 10.1. The Labute approximate surface area is 110 Å². The molecule has 0 aliphatic heterocycles. The maximum absolute atomic E-state index is 9.29. The standard InChI is InChI=1S/C3H8O2S.2C2H4O2S/c4-1-3(5)2-6;2*3-2(4)1-5/h3-6H,1-2H2;2*5H,1H2,(H,3,4). The highest BCUT2D eigenvalue weighted by molar-refractivity contribution is 7.81. The summed E-state index contributed by atoms with van der Waals surface area (Å²) < 4.78 is 0. The summed E-state index contributed by atoms with van der Waals surface area (Å²) >= 11 is 10.5. The van der Waals surface area contributed by atoms with E-state index in [1.807, 2.05) is 0 Å². The molecular formula is C7H16O6S3. The average molecular weight is 292 g/mol. The summed E-state index contributed by atoms with van der Waals surface area (Å²) in [7, 11) is 0. The molecule has 0 amide bonds. The molecule has 0 heterocycles. The Kier molecular flexibility index (Phi) is 23.0. The van der Waals surface area contributed by atoms with Crippen molar-refractivity contribution >= 4 is 49.8 Å². The zero-order valence-corrected chi connectivity index (χ0v) is 11.0. The number of carboxylic acid groups (broad SMARTS) is 2. The fourth-order valence-corrected chi connectivity index (χ4v) is 0.173. The van der Waals surface area contributed by atoms with E-state index in [4.69, 9.17) is 20.4 Å². The Hall–Kier alpha value is -0.0900. The first-order chi connectivity index (χ1) is 7.35. The van der Waals surface area contributed by atoms with Crippen molar-refractivity contribution < 1.29 is 30.0 Å². The number of carboxylic acids is 2. The van der Waals surface area contributed by atoms with Crippen LogP contribution in [0.5, 0.6) is 0 Å². The van der Waals surface area contributed by atoms with Crippen molar-refractivity contribution in [3.8, 4) is 0 Å². The maximum Gasteiger partial charge on any atom is 0.313 e. The Morgan fingerprint density at radius 3 is 1.25 bits per heavy atom. The van der Waals surface area contributed by atoms with Gasteiger partial charge in [0.25, 0.3) is 0 Å². The van der Waals surface area contributed by atoms with E-state index >= 15 is 0 Å². The number of aliphatic hydroxyl groups excluding tert-OH is 2. The van der Waals surface area contributed by atoms with Gasteiger partial charge in [-0.1, -0.05) is 0 Å². The number of rotatable bonds is 4. The second kappa shape index (κ2) is 17.3. The van der Waals surface area contributed by atoms with Crippen LogP contribution in [0.25, 0.3) is 0 Å². The molecule has 0 aromatic heterocycles. The lowest BCUT2D eigenvalue weighted by molar-refractivity contribution is -0.134. The predicted molar refractivity (Wildman–Crippen MR) is 69.9 cm³/mol. The molecular weight excluding hydrogens is 276 g/mol. The van der Waals surface area contributed by atoms with E-state index in [1.54, 1.807) is 0 Å². The summed E-state index contributed by atoms with van der Waals surface area (Å²) in [6, 6.07) is 0. The molecule has 0 spiro atoms. The Morgan fingerprint density at radius 2 is 1.25 bits per heavy atom. The van der Waals surface area contributed by atoms with Crippen molar-refractivity contribution in [1.29, 1.82) is 0 Å². The van der Waals surface area contributed by atoms with Gasteiger partial charge >= 0.3 is 11.9 Å². The van der Waals surface area contributed by atoms with Crippen molar-refractivity contribution in [2.24, 2.45) is 0 Å².